The maximum absolute atomic E-state index is 5.96. The first-order chi connectivity index (χ1) is 13.9. The van der Waals surface area contributed by atoms with E-state index in [1.165, 1.54) is 6.33 Å². The lowest BCUT2D eigenvalue weighted by Gasteiger charge is -2.15. The van der Waals surface area contributed by atoms with E-state index in [9.17, 15) is 0 Å². The molecule has 0 aliphatic rings. The normalized spacial score (nSPS) is 12.0. The number of hydrogen-bond acceptors (Lipinski definition) is 5. The van der Waals surface area contributed by atoms with Gasteiger partial charge in [0, 0.05) is 26.4 Å². The summed E-state index contributed by atoms with van der Waals surface area (Å²) in [4.78, 5) is 8.79. The van der Waals surface area contributed by atoms with E-state index in [0.29, 0.717) is 17.0 Å². The van der Waals surface area contributed by atoms with Gasteiger partial charge in [-0.25, -0.2) is 14.6 Å². The number of aromatic nitrogens is 4. The summed E-state index contributed by atoms with van der Waals surface area (Å²) in [5, 5.41) is 5.37. The van der Waals surface area contributed by atoms with Gasteiger partial charge in [-0.2, -0.15) is 5.10 Å². The van der Waals surface area contributed by atoms with Gasteiger partial charge in [0.2, 0.25) is 5.71 Å². The Morgan fingerprint density at radius 2 is 1.93 bits per heavy atom. The first kappa shape index (κ1) is 20.0. The van der Waals surface area contributed by atoms with Crippen molar-refractivity contribution >= 4 is 35.1 Å². The fourth-order valence-electron chi connectivity index (χ4n) is 2.97. The standard InChI is InChI=1S/C21H23BrN4O2Si/c1-29(2,3)10-9-27-14-26-12-17(20(22)25-26)19-16-11-18(15-7-5-4-6-8-15)28-21(16)24-13-23-19/h4-8,11-13H,9-10,14H2,1-3H3. The molecule has 0 saturated heterocycles. The summed E-state index contributed by atoms with van der Waals surface area (Å²) in [7, 11) is -1.10. The van der Waals surface area contributed by atoms with Crippen LogP contribution in [0.1, 0.15) is 0 Å². The fourth-order valence-corrected chi connectivity index (χ4v) is 4.22. The molecule has 0 bridgehead atoms. The molecular formula is C21H23BrN4O2Si. The minimum Gasteiger partial charge on any atom is -0.438 e. The molecule has 0 unspecified atom stereocenters. The van der Waals surface area contributed by atoms with Crippen molar-refractivity contribution in [2.75, 3.05) is 6.61 Å². The highest BCUT2D eigenvalue weighted by Gasteiger charge is 2.18. The van der Waals surface area contributed by atoms with E-state index < -0.39 is 8.07 Å². The number of benzene rings is 1. The van der Waals surface area contributed by atoms with Gasteiger partial charge in [-0.3, -0.25) is 0 Å². The average molecular weight is 471 g/mol. The number of nitrogens with zero attached hydrogens (tertiary/aromatic N) is 4. The minimum absolute atomic E-state index is 0.415. The Morgan fingerprint density at radius 1 is 1.14 bits per heavy atom. The highest BCUT2D eigenvalue weighted by Crippen LogP contribution is 2.34. The van der Waals surface area contributed by atoms with Crippen molar-refractivity contribution in [1.29, 1.82) is 0 Å². The monoisotopic (exact) mass is 470 g/mol. The Labute approximate surface area is 179 Å². The van der Waals surface area contributed by atoms with Crippen LogP contribution in [0.5, 0.6) is 0 Å². The highest BCUT2D eigenvalue weighted by molar-refractivity contribution is 9.10. The zero-order chi connectivity index (χ0) is 20.4. The van der Waals surface area contributed by atoms with Gasteiger partial charge >= 0.3 is 0 Å². The highest BCUT2D eigenvalue weighted by atomic mass is 79.9. The maximum atomic E-state index is 5.96. The molecule has 3 aromatic heterocycles. The third kappa shape index (κ3) is 4.66. The largest absolute Gasteiger partial charge is 0.438 e. The van der Waals surface area contributed by atoms with Gasteiger partial charge in [0.1, 0.15) is 23.4 Å². The van der Waals surface area contributed by atoms with E-state index in [2.05, 4.69) is 50.6 Å². The second-order valence-corrected chi connectivity index (χ2v) is 14.5. The van der Waals surface area contributed by atoms with E-state index in [1.807, 2.05) is 42.6 Å². The second-order valence-electron chi connectivity index (χ2n) is 8.14. The summed E-state index contributed by atoms with van der Waals surface area (Å²) in [5.74, 6) is 0.764. The van der Waals surface area contributed by atoms with Crippen molar-refractivity contribution in [3.8, 4) is 22.6 Å². The molecule has 29 heavy (non-hydrogen) atoms. The first-order valence-corrected chi connectivity index (χ1v) is 14.0. The molecule has 6 nitrogen and oxygen atoms in total. The van der Waals surface area contributed by atoms with E-state index >= 15 is 0 Å². The van der Waals surface area contributed by atoms with Crippen LogP contribution in [-0.4, -0.2) is 34.4 Å². The van der Waals surface area contributed by atoms with E-state index in [0.717, 1.165) is 40.6 Å². The summed E-state index contributed by atoms with van der Waals surface area (Å²) in [6, 6.07) is 13.1. The van der Waals surface area contributed by atoms with Crippen LogP contribution >= 0.6 is 15.9 Å². The van der Waals surface area contributed by atoms with Gasteiger partial charge in [-0.1, -0.05) is 50.0 Å². The van der Waals surface area contributed by atoms with Gasteiger partial charge in [-0.05, 0) is 28.0 Å². The third-order valence-electron chi connectivity index (χ3n) is 4.58. The summed E-state index contributed by atoms with van der Waals surface area (Å²) in [6.07, 6.45) is 3.46. The van der Waals surface area contributed by atoms with Crippen molar-refractivity contribution in [1.82, 2.24) is 19.7 Å². The minimum atomic E-state index is -1.10. The van der Waals surface area contributed by atoms with Gasteiger partial charge in [0.25, 0.3) is 0 Å². The van der Waals surface area contributed by atoms with Crippen molar-refractivity contribution in [3.05, 3.63) is 53.5 Å². The van der Waals surface area contributed by atoms with Gasteiger partial charge in [0.05, 0.1) is 16.6 Å². The number of ether oxygens (including phenoxy) is 1. The van der Waals surface area contributed by atoms with Crippen LogP contribution in [0.2, 0.25) is 25.7 Å². The Kier molecular flexibility index (Phi) is 5.66. The summed E-state index contributed by atoms with van der Waals surface area (Å²) in [5.41, 5.74) is 3.22. The average Bonchev–Trinajstić information content (AvgIpc) is 3.28. The molecule has 0 saturated carbocycles. The van der Waals surface area contributed by atoms with Crippen molar-refractivity contribution in [3.63, 3.8) is 0 Å². The molecule has 3 heterocycles. The molecular weight excluding hydrogens is 448 g/mol. The van der Waals surface area contributed by atoms with E-state index in [4.69, 9.17) is 9.15 Å². The van der Waals surface area contributed by atoms with E-state index in [1.54, 1.807) is 4.68 Å². The molecule has 150 valence electrons. The van der Waals surface area contributed by atoms with Crippen LogP contribution in [0.15, 0.2) is 57.9 Å². The summed E-state index contributed by atoms with van der Waals surface area (Å²) in [6.45, 7) is 8.19. The molecule has 0 aliphatic carbocycles. The lowest BCUT2D eigenvalue weighted by molar-refractivity contribution is 0.0784. The van der Waals surface area contributed by atoms with Crippen molar-refractivity contribution in [2.45, 2.75) is 32.4 Å². The SMILES string of the molecule is C[Si](C)(C)CCOCn1cc(-c2ncnc3oc(-c4ccccc4)cc23)c(Br)n1. The lowest BCUT2D eigenvalue weighted by Crippen LogP contribution is -2.22. The zero-order valence-electron chi connectivity index (χ0n) is 16.7. The molecule has 0 spiro atoms. The molecule has 0 N–H and O–H groups in total. The third-order valence-corrected chi connectivity index (χ3v) is 6.87. The number of rotatable bonds is 7. The second kappa shape index (κ2) is 8.21. The van der Waals surface area contributed by atoms with Crippen LogP contribution in [0, 0.1) is 0 Å². The van der Waals surface area contributed by atoms with Crippen LogP contribution in [-0.2, 0) is 11.5 Å². The van der Waals surface area contributed by atoms with Crippen LogP contribution in [0.3, 0.4) is 0 Å². The lowest BCUT2D eigenvalue weighted by atomic mass is 10.1. The zero-order valence-corrected chi connectivity index (χ0v) is 19.3. The van der Waals surface area contributed by atoms with Gasteiger partial charge < -0.3 is 9.15 Å². The molecule has 0 aliphatic heterocycles. The molecule has 4 rings (SSSR count). The quantitative estimate of drug-likeness (QED) is 0.251. The van der Waals surface area contributed by atoms with E-state index in [-0.39, 0.29) is 0 Å². The molecule has 1 aromatic carbocycles. The van der Waals surface area contributed by atoms with Gasteiger partial charge in [-0.15, -0.1) is 0 Å². The number of halogens is 1. The Bertz CT molecular complexity index is 1120. The Hall–Kier alpha value is -2.29. The van der Waals surface area contributed by atoms with Crippen molar-refractivity contribution < 1.29 is 9.15 Å². The molecule has 0 amide bonds. The topological polar surface area (TPSA) is 66.0 Å². The Balaban J connectivity index is 1.60. The predicted octanol–water partition coefficient (Wildman–Crippen LogP) is 5.83. The summed E-state index contributed by atoms with van der Waals surface area (Å²) >= 11 is 3.56. The van der Waals surface area contributed by atoms with Gasteiger partial charge in [0.15, 0.2) is 0 Å². The van der Waals surface area contributed by atoms with Crippen LogP contribution in [0.25, 0.3) is 33.7 Å². The predicted molar refractivity (Wildman–Crippen MR) is 120 cm³/mol. The number of hydrogen-bond donors (Lipinski definition) is 0. The molecule has 0 fully saturated rings. The van der Waals surface area contributed by atoms with Crippen LogP contribution < -0.4 is 0 Å². The molecule has 8 heteroatoms. The first-order valence-electron chi connectivity index (χ1n) is 9.52. The number of furan rings is 1. The molecule has 0 radical (unpaired) electrons. The molecule has 4 aromatic rings. The number of fused-ring (bicyclic) bond motifs is 1. The van der Waals surface area contributed by atoms with Crippen LogP contribution in [0.4, 0.5) is 0 Å². The summed E-state index contributed by atoms with van der Waals surface area (Å²) < 4.78 is 14.3. The maximum Gasteiger partial charge on any atom is 0.230 e. The smallest absolute Gasteiger partial charge is 0.230 e. The van der Waals surface area contributed by atoms with Crippen molar-refractivity contribution in [2.24, 2.45) is 0 Å². The molecule has 0 atom stereocenters. The Morgan fingerprint density at radius 3 is 2.69 bits per heavy atom. The fraction of sp³-hybridized carbons (Fsp3) is 0.286.